The van der Waals surface area contributed by atoms with E-state index in [1.165, 1.54) is 18.1 Å². The number of carbonyl (C=O) groups is 2. The van der Waals surface area contributed by atoms with Crippen LogP contribution >= 0.6 is 11.6 Å². The highest BCUT2D eigenvalue weighted by atomic mass is 35.5. The Labute approximate surface area is 174 Å². The molecule has 0 spiro atoms. The summed E-state index contributed by atoms with van der Waals surface area (Å²) in [6, 6.07) is 10.2. The zero-order valence-electron chi connectivity index (χ0n) is 16.3. The quantitative estimate of drug-likeness (QED) is 0.435. The van der Waals surface area contributed by atoms with Crippen LogP contribution in [0.2, 0.25) is 5.02 Å². The van der Waals surface area contributed by atoms with E-state index in [4.69, 9.17) is 16.3 Å². The van der Waals surface area contributed by atoms with Crippen LogP contribution in [0, 0.1) is 5.92 Å². The van der Waals surface area contributed by atoms with Crippen LogP contribution in [-0.2, 0) is 9.59 Å². The molecule has 0 bridgehead atoms. The summed E-state index contributed by atoms with van der Waals surface area (Å²) < 4.78 is 5.18. The molecular formula is C22H22ClNO5. The SMILES string of the molecule is COc1cc(C2/C(=C(/O)c3ccc(Cl)cc3)C(=O)C(=O)N2CC(C)C)ccc1O. The van der Waals surface area contributed by atoms with Crippen LogP contribution in [0.5, 0.6) is 11.5 Å². The number of rotatable bonds is 5. The molecule has 2 aromatic carbocycles. The third kappa shape index (κ3) is 3.93. The number of Topliss-reactive ketones (excluding diaryl/α,β-unsaturated/α-hetero) is 1. The molecule has 7 heteroatoms. The Morgan fingerprint density at radius 3 is 2.41 bits per heavy atom. The van der Waals surface area contributed by atoms with E-state index in [1.54, 1.807) is 36.4 Å². The van der Waals surface area contributed by atoms with E-state index in [0.717, 1.165) is 0 Å². The van der Waals surface area contributed by atoms with Crippen molar-refractivity contribution in [3.63, 3.8) is 0 Å². The summed E-state index contributed by atoms with van der Waals surface area (Å²) >= 11 is 5.92. The second-order valence-electron chi connectivity index (χ2n) is 7.28. The molecule has 2 N–H and O–H groups in total. The van der Waals surface area contributed by atoms with Gasteiger partial charge >= 0.3 is 0 Å². The maximum absolute atomic E-state index is 12.9. The van der Waals surface area contributed by atoms with Crippen LogP contribution in [-0.4, -0.2) is 40.5 Å². The van der Waals surface area contributed by atoms with E-state index in [1.807, 2.05) is 13.8 Å². The summed E-state index contributed by atoms with van der Waals surface area (Å²) in [6.07, 6.45) is 0. The predicted molar refractivity (Wildman–Crippen MR) is 110 cm³/mol. The molecule has 0 aliphatic carbocycles. The van der Waals surface area contributed by atoms with Gasteiger partial charge in [0, 0.05) is 17.1 Å². The van der Waals surface area contributed by atoms with Crippen LogP contribution in [0.1, 0.15) is 31.0 Å². The first-order valence-electron chi connectivity index (χ1n) is 9.15. The smallest absolute Gasteiger partial charge is 0.295 e. The zero-order chi connectivity index (χ0) is 21.3. The van der Waals surface area contributed by atoms with Gasteiger partial charge in [0.15, 0.2) is 11.5 Å². The van der Waals surface area contributed by atoms with Gasteiger partial charge < -0.3 is 19.8 Å². The maximum atomic E-state index is 12.9. The summed E-state index contributed by atoms with van der Waals surface area (Å²) in [5.74, 6) is -1.45. The number of ether oxygens (including phenoxy) is 1. The third-order valence-electron chi connectivity index (χ3n) is 4.74. The maximum Gasteiger partial charge on any atom is 0.295 e. The molecular weight excluding hydrogens is 394 g/mol. The third-order valence-corrected chi connectivity index (χ3v) is 4.99. The molecule has 1 amide bonds. The largest absolute Gasteiger partial charge is 0.507 e. The van der Waals surface area contributed by atoms with Crippen molar-refractivity contribution in [3.05, 3.63) is 64.2 Å². The number of amides is 1. The first-order valence-corrected chi connectivity index (χ1v) is 9.53. The minimum atomic E-state index is -0.803. The van der Waals surface area contributed by atoms with Gasteiger partial charge in [0.05, 0.1) is 18.7 Å². The van der Waals surface area contributed by atoms with Crippen molar-refractivity contribution in [2.75, 3.05) is 13.7 Å². The fraction of sp³-hybridized carbons (Fsp3) is 0.273. The highest BCUT2D eigenvalue weighted by molar-refractivity contribution is 6.46. The number of nitrogens with zero attached hydrogens (tertiary/aromatic N) is 1. The first kappa shape index (κ1) is 20.7. The van der Waals surface area contributed by atoms with Crippen molar-refractivity contribution < 1.29 is 24.5 Å². The van der Waals surface area contributed by atoms with E-state index < -0.39 is 17.7 Å². The van der Waals surface area contributed by atoms with Crippen molar-refractivity contribution in [1.82, 2.24) is 4.90 Å². The lowest BCUT2D eigenvalue weighted by Gasteiger charge is -2.27. The lowest BCUT2D eigenvalue weighted by molar-refractivity contribution is -0.140. The first-order chi connectivity index (χ1) is 13.7. The number of aromatic hydroxyl groups is 1. The molecule has 6 nitrogen and oxygen atoms in total. The molecule has 0 radical (unpaired) electrons. The standard InChI is InChI=1S/C22H22ClNO5/c1-12(2)11-24-19(14-6-9-16(25)17(10-14)29-3)18(21(27)22(24)28)20(26)13-4-7-15(23)8-5-13/h4-10,12,19,25-26H,11H2,1-3H3/b20-18-. The van der Waals surface area contributed by atoms with E-state index in [2.05, 4.69) is 0 Å². The Morgan fingerprint density at radius 1 is 1.17 bits per heavy atom. The molecule has 1 saturated heterocycles. The molecule has 1 aliphatic rings. The number of aliphatic hydroxyl groups excluding tert-OH is 1. The fourth-order valence-corrected chi connectivity index (χ4v) is 3.56. The number of likely N-dealkylation sites (tertiary alicyclic amines) is 1. The molecule has 1 fully saturated rings. The zero-order valence-corrected chi connectivity index (χ0v) is 17.1. The van der Waals surface area contributed by atoms with Gasteiger partial charge in [-0.05, 0) is 47.9 Å². The Hall–Kier alpha value is -2.99. The molecule has 3 rings (SSSR count). The number of aliphatic hydroxyl groups is 1. The molecule has 1 atom stereocenters. The van der Waals surface area contributed by atoms with Crippen LogP contribution in [0.4, 0.5) is 0 Å². The van der Waals surface area contributed by atoms with E-state index >= 15 is 0 Å². The Kier molecular flexibility index (Phi) is 5.84. The van der Waals surface area contributed by atoms with Crippen molar-refractivity contribution in [3.8, 4) is 11.5 Å². The minimum Gasteiger partial charge on any atom is -0.507 e. The number of benzene rings is 2. The second-order valence-corrected chi connectivity index (χ2v) is 7.72. The predicted octanol–water partition coefficient (Wildman–Crippen LogP) is 4.13. The van der Waals surface area contributed by atoms with Crippen LogP contribution in [0.25, 0.3) is 5.76 Å². The monoisotopic (exact) mass is 415 g/mol. The number of phenols is 1. The topological polar surface area (TPSA) is 87.1 Å². The van der Waals surface area contributed by atoms with E-state index in [0.29, 0.717) is 22.7 Å². The fourth-order valence-electron chi connectivity index (χ4n) is 3.44. The molecule has 0 aromatic heterocycles. The average molecular weight is 416 g/mol. The lowest BCUT2D eigenvalue weighted by atomic mass is 9.94. The van der Waals surface area contributed by atoms with Crippen LogP contribution < -0.4 is 4.74 Å². The summed E-state index contributed by atoms with van der Waals surface area (Å²) in [5.41, 5.74) is 0.924. The highest BCUT2D eigenvalue weighted by Crippen LogP contribution is 2.42. The summed E-state index contributed by atoms with van der Waals surface area (Å²) in [6.45, 7) is 4.20. The second kappa shape index (κ2) is 8.17. The van der Waals surface area contributed by atoms with Crippen molar-refractivity contribution >= 4 is 29.1 Å². The average Bonchev–Trinajstić information content (AvgIpc) is 2.93. The van der Waals surface area contributed by atoms with Gasteiger partial charge in [-0.1, -0.05) is 31.5 Å². The molecule has 29 heavy (non-hydrogen) atoms. The summed E-state index contributed by atoms with van der Waals surface area (Å²) in [7, 11) is 1.41. The number of hydrogen-bond acceptors (Lipinski definition) is 5. The van der Waals surface area contributed by atoms with Gasteiger partial charge in [-0.2, -0.15) is 0 Å². The number of ketones is 1. The van der Waals surface area contributed by atoms with E-state index in [9.17, 15) is 19.8 Å². The van der Waals surface area contributed by atoms with Gasteiger partial charge in [0.25, 0.3) is 11.7 Å². The number of methoxy groups -OCH3 is 1. The normalized spacial score (nSPS) is 18.5. The van der Waals surface area contributed by atoms with Gasteiger partial charge in [0.1, 0.15) is 5.76 Å². The minimum absolute atomic E-state index is 0.00860. The van der Waals surface area contributed by atoms with Crippen molar-refractivity contribution in [1.29, 1.82) is 0 Å². The van der Waals surface area contributed by atoms with Gasteiger partial charge in [-0.3, -0.25) is 9.59 Å². The number of halogens is 1. The van der Waals surface area contributed by atoms with Crippen molar-refractivity contribution in [2.45, 2.75) is 19.9 Å². The Balaban J connectivity index is 2.21. The number of phenolic OH excluding ortho intramolecular Hbond substituents is 1. The molecule has 0 saturated carbocycles. The summed E-state index contributed by atoms with van der Waals surface area (Å²) in [4.78, 5) is 27.1. The van der Waals surface area contributed by atoms with Gasteiger partial charge in [-0.25, -0.2) is 0 Å². The highest BCUT2D eigenvalue weighted by Gasteiger charge is 2.46. The molecule has 1 heterocycles. The van der Waals surface area contributed by atoms with Crippen LogP contribution in [0.15, 0.2) is 48.0 Å². The Morgan fingerprint density at radius 2 is 1.83 bits per heavy atom. The van der Waals surface area contributed by atoms with Gasteiger partial charge in [0.2, 0.25) is 0 Å². The Bertz CT molecular complexity index is 981. The number of carbonyl (C=O) groups excluding carboxylic acids is 2. The molecule has 2 aromatic rings. The molecule has 1 aliphatic heterocycles. The summed E-state index contributed by atoms with van der Waals surface area (Å²) in [5, 5.41) is 21.3. The molecule has 152 valence electrons. The number of hydrogen-bond donors (Lipinski definition) is 2. The van der Waals surface area contributed by atoms with E-state index in [-0.39, 0.29) is 28.7 Å². The lowest BCUT2D eigenvalue weighted by Crippen LogP contribution is -2.33. The van der Waals surface area contributed by atoms with Gasteiger partial charge in [-0.15, -0.1) is 0 Å². The van der Waals surface area contributed by atoms with Crippen molar-refractivity contribution in [2.24, 2.45) is 5.92 Å². The van der Waals surface area contributed by atoms with Crippen LogP contribution in [0.3, 0.4) is 0 Å². The molecule has 1 unspecified atom stereocenters.